The lowest BCUT2D eigenvalue weighted by Crippen LogP contribution is -2.29. The minimum absolute atomic E-state index is 0.00856. The molecular weight excluding hydrogens is 725 g/mol. The van der Waals surface area contributed by atoms with Gasteiger partial charge in [0.25, 0.3) is 0 Å². The van der Waals surface area contributed by atoms with Crippen LogP contribution in [-0.4, -0.2) is 77.0 Å². The van der Waals surface area contributed by atoms with Gasteiger partial charge < -0.3 is 40.2 Å². The zero-order chi connectivity index (χ0) is 40.9. The van der Waals surface area contributed by atoms with Crippen LogP contribution >= 0.6 is 0 Å². The molecule has 320 valence electrons. The van der Waals surface area contributed by atoms with E-state index in [1.165, 1.54) is 30.4 Å². The maximum absolute atomic E-state index is 12.1. The van der Waals surface area contributed by atoms with Gasteiger partial charge in [-0.2, -0.15) is 0 Å². The third kappa shape index (κ3) is 27.7. The standard InChI is InChI=1S/C45H72N4O8/c1-2-3-35-54-42(50)46-31-23-13-9-10-14-24-34-49-45(53)57-38-37-56-44(52)48-33-22-12-8-6-4-5-7-11-21-32-47-43(51)55-36-25-30-41(39-26-17-15-18-27-39)40-28-19-16-20-29-40/h15-20,26-29,41H,2-14,21-25,30-38H2,1H3,(H,46,50)(H,47,51)(H,48,52)(H,49,53). The monoisotopic (exact) mass is 797 g/mol. The van der Waals surface area contributed by atoms with E-state index in [0.29, 0.717) is 39.4 Å². The highest BCUT2D eigenvalue weighted by atomic mass is 16.6. The molecule has 12 heteroatoms. The number of ether oxygens (including phenoxy) is 4. The van der Waals surface area contributed by atoms with Crippen molar-refractivity contribution in [3.63, 3.8) is 0 Å². The number of unbranched alkanes of at least 4 members (excludes halogenated alkanes) is 14. The van der Waals surface area contributed by atoms with Gasteiger partial charge in [-0.15, -0.1) is 0 Å². The van der Waals surface area contributed by atoms with E-state index < -0.39 is 12.2 Å². The molecule has 4 amide bonds. The van der Waals surface area contributed by atoms with Gasteiger partial charge in [-0.1, -0.05) is 145 Å². The van der Waals surface area contributed by atoms with Crippen LogP contribution in [0.4, 0.5) is 19.2 Å². The summed E-state index contributed by atoms with van der Waals surface area (Å²) < 4.78 is 20.6. The summed E-state index contributed by atoms with van der Waals surface area (Å²) in [5.41, 5.74) is 2.56. The van der Waals surface area contributed by atoms with Crippen LogP contribution in [0.3, 0.4) is 0 Å². The molecule has 4 N–H and O–H groups in total. The van der Waals surface area contributed by atoms with Crippen LogP contribution in [0.15, 0.2) is 60.7 Å². The molecule has 0 aliphatic heterocycles. The van der Waals surface area contributed by atoms with E-state index in [4.69, 9.17) is 18.9 Å². The third-order valence-corrected chi connectivity index (χ3v) is 9.59. The van der Waals surface area contributed by atoms with E-state index in [1.54, 1.807) is 0 Å². The Bertz CT molecular complexity index is 1260. The van der Waals surface area contributed by atoms with Gasteiger partial charge in [0.1, 0.15) is 13.2 Å². The van der Waals surface area contributed by atoms with Crippen LogP contribution in [0.25, 0.3) is 0 Å². The Kier molecular flexibility index (Phi) is 29.7. The van der Waals surface area contributed by atoms with E-state index in [0.717, 1.165) is 103 Å². The second-order valence-electron chi connectivity index (χ2n) is 14.4. The minimum atomic E-state index is -0.510. The summed E-state index contributed by atoms with van der Waals surface area (Å²) in [7, 11) is 0. The highest BCUT2D eigenvalue weighted by Crippen LogP contribution is 2.29. The van der Waals surface area contributed by atoms with Crippen molar-refractivity contribution in [1.29, 1.82) is 0 Å². The lowest BCUT2D eigenvalue weighted by atomic mass is 9.88. The number of carbonyl (C=O) groups is 4. The highest BCUT2D eigenvalue weighted by Gasteiger charge is 2.14. The summed E-state index contributed by atoms with van der Waals surface area (Å²) in [6.45, 7) is 5.31. The highest BCUT2D eigenvalue weighted by molar-refractivity contribution is 5.68. The van der Waals surface area contributed by atoms with Gasteiger partial charge >= 0.3 is 24.4 Å². The summed E-state index contributed by atoms with van der Waals surface area (Å²) in [5, 5.41) is 11.1. The van der Waals surface area contributed by atoms with Gasteiger partial charge in [0.15, 0.2) is 0 Å². The van der Waals surface area contributed by atoms with E-state index in [2.05, 4.69) is 76.7 Å². The topological polar surface area (TPSA) is 153 Å². The number of rotatable bonds is 33. The minimum Gasteiger partial charge on any atom is -0.450 e. The number of carbonyl (C=O) groups excluding carboxylic acids is 4. The normalized spacial score (nSPS) is 10.8. The molecule has 0 heterocycles. The molecule has 0 radical (unpaired) electrons. The van der Waals surface area contributed by atoms with Gasteiger partial charge in [-0.25, -0.2) is 19.2 Å². The Morgan fingerprint density at radius 1 is 0.404 bits per heavy atom. The second-order valence-corrected chi connectivity index (χ2v) is 14.4. The summed E-state index contributed by atoms with van der Waals surface area (Å²) >= 11 is 0. The molecule has 2 aromatic carbocycles. The number of hydrogen-bond donors (Lipinski definition) is 4. The third-order valence-electron chi connectivity index (χ3n) is 9.59. The van der Waals surface area contributed by atoms with Crippen molar-refractivity contribution in [1.82, 2.24) is 21.3 Å². The molecule has 0 aromatic heterocycles. The van der Waals surface area contributed by atoms with Crippen molar-refractivity contribution < 1.29 is 38.1 Å². The molecule has 57 heavy (non-hydrogen) atoms. The zero-order valence-corrected chi connectivity index (χ0v) is 34.7. The molecule has 0 atom stereocenters. The average Bonchev–Trinajstić information content (AvgIpc) is 3.22. The van der Waals surface area contributed by atoms with E-state index in [-0.39, 0.29) is 31.3 Å². The van der Waals surface area contributed by atoms with E-state index in [9.17, 15) is 19.2 Å². The summed E-state index contributed by atoms with van der Waals surface area (Å²) in [6.07, 6.45) is 17.7. The van der Waals surface area contributed by atoms with Gasteiger partial charge in [0, 0.05) is 32.1 Å². The van der Waals surface area contributed by atoms with Crippen LogP contribution in [-0.2, 0) is 18.9 Å². The maximum Gasteiger partial charge on any atom is 0.407 e. The molecule has 0 aliphatic rings. The molecule has 0 fully saturated rings. The quantitative estimate of drug-likeness (QED) is 0.0411. The van der Waals surface area contributed by atoms with Crippen LogP contribution < -0.4 is 21.3 Å². The van der Waals surface area contributed by atoms with Gasteiger partial charge in [0.05, 0.1) is 13.2 Å². The van der Waals surface area contributed by atoms with Crippen molar-refractivity contribution in [3.05, 3.63) is 71.8 Å². The van der Waals surface area contributed by atoms with Crippen LogP contribution in [0, 0.1) is 0 Å². The largest absolute Gasteiger partial charge is 0.450 e. The average molecular weight is 797 g/mol. The number of hydrogen-bond acceptors (Lipinski definition) is 8. The first-order valence-corrected chi connectivity index (χ1v) is 21.7. The summed E-state index contributed by atoms with van der Waals surface area (Å²) in [6, 6.07) is 21.0. The summed E-state index contributed by atoms with van der Waals surface area (Å²) in [4.78, 5) is 47.3. The first-order chi connectivity index (χ1) is 28.0. The Morgan fingerprint density at radius 3 is 1.04 bits per heavy atom. The first-order valence-electron chi connectivity index (χ1n) is 21.7. The smallest absolute Gasteiger partial charge is 0.407 e. The molecule has 0 aliphatic carbocycles. The zero-order valence-electron chi connectivity index (χ0n) is 34.7. The van der Waals surface area contributed by atoms with Gasteiger partial charge in [-0.05, 0) is 56.1 Å². The molecule has 2 aromatic rings. The van der Waals surface area contributed by atoms with Gasteiger partial charge in [0.2, 0.25) is 0 Å². The van der Waals surface area contributed by atoms with Crippen LogP contribution in [0.2, 0.25) is 0 Å². The second kappa shape index (κ2) is 34.7. The van der Waals surface area contributed by atoms with Gasteiger partial charge in [-0.3, -0.25) is 0 Å². The first kappa shape index (κ1) is 48.7. The molecule has 0 saturated heterocycles. The number of benzene rings is 2. The lowest BCUT2D eigenvalue weighted by molar-refractivity contribution is 0.0956. The SMILES string of the molecule is CCCCOC(=O)NCCCCCCCCNC(=O)OCCOC(=O)NCCCCCCCCCCCNC(=O)OCCCC(c1ccccc1)c1ccccc1. The molecular formula is C45H72N4O8. The summed E-state index contributed by atoms with van der Waals surface area (Å²) in [5.74, 6) is 0.285. The van der Waals surface area contributed by atoms with Crippen molar-refractivity contribution in [3.8, 4) is 0 Å². The molecule has 0 spiro atoms. The maximum atomic E-state index is 12.1. The predicted molar refractivity (Wildman–Crippen MR) is 226 cm³/mol. The fraction of sp³-hybridized carbons (Fsp3) is 0.644. The fourth-order valence-electron chi connectivity index (χ4n) is 6.34. The predicted octanol–water partition coefficient (Wildman–Crippen LogP) is 10.2. The number of alkyl carbamates (subject to hydrolysis) is 4. The van der Waals surface area contributed by atoms with E-state index in [1.807, 2.05) is 12.1 Å². The lowest BCUT2D eigenvalue weighted by Gasteiger charge is -2.18. The van der Waals surface area contributed by atoms with Crippen molar-refractivity contribution in [2.75, 3.05) is 52.6 Å². The van der Waals surface area contributed by atoms with E-state index >= 15 is 0 Å². The van der Waals surface area contributed by atoms with Crippen molar-refractivity contribution in [2.45, 2.75) is 135 Å². The Morgan fingerprint density at radius 2 is 0.702 bits per heavy atom. The molecule has 2 rings (SSSR count). The molecule has 12 nitrogen and oxygen atoms in total. The van der Waals surface area contributed by atoms with Crippen LogP contribution in [0.1, 0.15) is 146 Å². The Hall–Kier alpha value is -4.48. The Balaban J connectivity index is 1.28. The molecule has 0 bridgehead atoms. The fourth-order valence-corrected chi connectivity index (χ4v) is 6.34. The van der Waals surface area contributed by atoms with Crippen molar-refractivity contribution in [2.24, 2.45) is 0 Å². The van der Waals surface area contributed by atoms with Crippen LogP contribution in [0.5, 0.6) is 0 Å². The molecule has 0 unspecified atom stereocenters. The Labute approximate surface area is 342 Å². The molecule has 0 saturated carbocycles. The number of amides is 4. The number of nitrogens with one attached hydrogen (secondary N) is 4. The van der Waals surface area contributed by atoms with Crippen molar-refractivity contribution >= 4 is 24.4 Å².